The quantitative estimate of drug-likeness (QED) is 0.718. The fourth-order valence-corrected chi connectivity index (χ4v) is 3.91. The summed E-state index contributed by atoms with van der Waals surface area (Å²) in [7, 11) is -0.444. The van der Waals surface area contributed by atoms with Gasteiger partial charge in [0.1, 0.15) is 10.6 Å². The van der Waals surface area contributed by atoms with Crippen molar-refractivity contribution in [1.29, 1.82) is 0 Å². The molecule has 0 bridgehead atoms. The number of hydrogen-bond acceptors (Lipinski definition) is 4. The van der Waals surface area contributed by atoms with Gasteiger partial charge in [-0.15, -0.1) is 0 Å². The van der Waals surface area contributed by atoms with Crippen LogP contribution in [0.5, 0.6) is 0 Å². The number of aryl methyl sites for hydroxylation is 1. The van der Waals surface area contributed by atoms with Crippen molar-refractivity contribution < 1.29 is 13.2 Å². The molecule has 21 heavy (non-hydrogen) atoms. The maximum atomic E-state index is 12.4. The maximum Gasteiger partial charge on any atom is 0.267 e. The Morgan fingerprint density at radius 2 is 2.19 bits per heavy atom. The number of aromatic nitrogens is 1. The van der Waals surface area contributed by atoms with Crippen LogP contribution in [-0.2, 0) is 17.1 Å². The summed E-state index contributed by atoms with van der Waals surface area (Å²) in [5.41, 5.74) is 0.316. The second kappa shape index (κ2) is 6.17. The molecule has 1 aliphatic rings. The number of nitrogens with one attached hydrogen (secondary N) is 3. The number of carbonyl (C=O) groups excluding carboxylic acids is 1. The van der Waals surface area contributed by atoms with E-state index in [1.807, 2.05) is 6.92 Å². The van der Waals surface area contributed by atoms with Crippen molar-refractivity contribution in [2.45, 2.75) is 36.7 Å². The number of amides is 1. The zero-order chi connectivity index (χ0) is 15.6. The van der Waals surface area contributed by atoms with Crippen LogP contribution in [0.3, 0.4) is 0 Å². The summed E-state index contributed by atoms with van der Waals surface area (Å²) in [5.74, 6) is -0.311. The van der Waals surface area contributed by atoms with E-state index in [0.29, 0.717) is 11.7 Å². The number of hydrogen-bond donors (Lipinski definition) is 3. The van der Waals surface area contributed by atoms with Crippen LogP contribution < -0.4 is 15.4 Å². The molecule has 0 radical (unpaired) electrons. The summed E-state index contributed by atoms with van der Waals surface area (Å²) < 4.78 is 29.1. The van der Waals surface area contributed by atoms with Gasteiger partial charge in [-0.25, -0.2) is 13.1 Å². The zero-order valence-electron chi connectivity index (χ0n) is 12.5. The number of sulfonamides is 1. The lowest BCUT2D eigenvalue weighted by molar-refractivity contribution is 0.0955. The molecule has 3 N–H and O–H groups in total. The first-order valence-electron chi connectivity index (χ1n) is 6.97. The number of piperidine rings is 1. The molecule has 2 atom stereocenters. The van der Waals surface area contributed by atoms with Crippen molar-refractivity contribution in [3.63, 3.8) is 0 Å². The summed E-state index contributed by atoms with van der Waals surface area (Å²) in [6.45, 7) is 2.83. The van der Waals surface area contributed by atoms with Gasteiger partial charge in [0.15, 0.2) is 0 Å². The van der Waals surface area contributed by atoms with Crippen LogP contribution in [-0.4, -0.2) is 44.6 Å². The fourth-order valence-electron chi connectivity index (χ4n) is 2.56. The third-order valence-electron chi connectivity index (χ3n) is 3.70. The van der Waals surface area contributed by atoms with Gasteiger partial charge in [-0.2, -0.15) is 0 Å². The minimum atomic E-state index is -3.61. The summed E-state index contributed by atoms with van der Waals surface area (Å²) >= 11 is 0. The Hall–Kier alpha value is -1.38. The molecule has 1 aromatic heterocycles. The summed E-state index contributed by atoms with van der Waals surface area (Å²) in [4.78, 5) is 11.8. The van der Waals surface area contributed by atoms with Crippen molar-refractivity contribution in [3.05, 3.63) is 18.0 Å². The Balaban J connectivity index is 2.18. The molecule has 0 aromatic carbocycles. The first-order valence-corrected chi connectivity index (χ1v) is 8.46. The van der Waals surface area contributed by atoms with Crippen molar-refractivity contribution in [2.75, 3.05) is 13.6 Å². The van der Waals surface area contributed by atoms with Gasteiger partial charge in [-0.05, 0) is 32.4 Å². The summed E-state index contributed by atoms with van der Waals surface area (Å²) in [6, 6.07) is 1.62. The molecule has 0 aliphatic carbocycles. The summed E-state index contributed by atoms with van der Waals surface area (Å²) in [6.07, 6.45) is 2.98. The third-order valence-corrected chi connectivity index (χ3v) is 5.18. The average molecular weight is 314 g/mol. The highest BCUT2D eigenvalue weighted by Crippen LogP contribution is 2.16. The normalized spacial score (nSPS) is 23.0. The van der Waals surface area contributed by atoms with Gasteiger partial charge in [0.05, 0.1) is 0 Å². The molecule has 7 nitrogen and oxygen atoms in total. The lowest BCUT2D eigenvalue weighted by Gasteiger charge is -2.28. The van der Waals surface area contributed by atoms with Crippen LogP contribution in [0.1, 0.15) is 30.3 Å². The molecule has 2 unspecified atom stereocenters. The molecule has 1 amide bonds. The average Bonchev–Trinajstić information content (AvgIpc) is 2.80. The number of carbonyl (C=O) groups is 1. The third kappa shape index (κ3) is 3.63. The Labute approximate surface area is 125 Å². The van der Waals surface area contributed by atoms with Gasteiger partial charge >= 0.3 is 0 Å². The Morgan fingerprint density at radius 3 is 2.81 bits per heavy atom. The molecular formula is C13H22N4O3S. The van der Waals surface area contributed by atoms with E-state index in [9.17, 15) is 13.2 Å². The Morgan fingerprint density at radius 1 is 1.48 bits per heavy atom. The van der Waals surface area contributed by atoms with E-state index in [-0.39, 0.29) is 16.8 Å². The molecule has 8 heteroatoms. The predicted octanol–water partition coefficient (Wildman–Crippen LogP) is -0.196. The van der Waals surface area contributed by atoms with E-state index in [1.165, 1.54) is 23.9 Å². The van der Waals surface area contributed by atoms with Crippen LogP contribution in [0, 0.1) is 0 Å². The van der Waals surface area contributed by atoms with Gasteiger partial charge in [0.2, 0.25) is 10.0 Å². The van der Waals surface area contributed by atoms with Crippen molar-refractivity contribution >= 4 is 15.9 Å². The molecule has 1 saturated heterocycles. The maximum absolute atomic E-state index is 12.4. The molecule has 1 fully saturated rings. The fraction of sp³-hybridized carbons (Fsp3) is 0.615. The summed E-state index contributed by atoms with van der Waals surface area (Å²) in [5, 5.41) is 5.77. The van der Waals surface area contributed by atoms with Crippen LogP contribution in [0.4, 0.5) is 0 Å². The minimum Gasteiger partial charge on any atom is -0.354 e. The lowest BCUT2D eigenvalue weighted by Crippen LogP contribution is -2.46. The SMILES string of the molecule is CNC(=O)c1cc(S(=O)(=O)NC2CCNC(C)C2)cn1C. The first kappa shape index (κ1) is 16.0. The van der Waals surface area contributed by atoms with Crippen LogP contribution in [0.2, 0.25) is 0 Å². The highest BCUT2D eigenvalue weighted by atomic mass is 32.2. The van der Waals surface area contributed by atoms with Gasteiger partial charge in [-0.1, -0.05) is 0 Å². The van der Waals surface area contributed by atoms with Crippen LogP contribution in [0.25, 0.3) is 0 Å². The smallest absolute Gasteiger partial charge is 0.267 e. The van der Waals surface area contributed by atoms with E-state index < -0.39 is 10.0 Å². The molecule has 0 spiro atoms. The van der Waals surface area contributed by atoms with Crippen LogP contribution >= 0.6 is 0 Å². The molecule has 0 saturated carbocycles. The standard InChI is InChI=1S/C13H22N4O3S/c1-9-6-10(4-5-15-9)16-21(19,20)11-7-12(13(18)14-2)17(3)8-11/h7-10,15-16H,4-6H2,1-3H3,(H,14,18). The lowest BCUT2D eigenvalue weighted by atomic mass is 10.0. The van der Waals surface area contributed by atoms with E-state index >= 15 is 0 Å². The monoisotopic (exact) mass is 314 g/mol. The van der Waals surface area contributed by atoms with Gasteiger partial charge < -0.3 is 15.2 Å². The van der Waals surface area contributed by atoms with Crippen LogP contribution in [0.15, 0.2) is 17.2 Å². The zero-order valence-corrected chi connectivity index (χ0v) is 13.3. The number of nitrogens with zero attached hydrogens (tertiary/aromatic N) is 1. The topological polar surface area (TPSA) is 92.2 Å². The number of rotatable bonds is 4. The molecule has 2 rings (SSSR count). The molecule has 1 aliphatic heterocycles. The van der Waals surface area contributed by atoms with Gasteiger partial charge in [0, 0.05) is 32.4 Å². The van der Waals surface area contributed by atoms with Crippen molar-refractivity contribution in [2.24, 2.45) is 7.05 Å². The second-order valence-electron chi connectivity index (χ2n) is 5.45. The minimum absolute atomic E-state index is 0.0742. The molecular weight excluding hydrogens is 292 g/mol. The van der Waals surface area contributed by atoms with Gasteiger partial charge in [0.25, 0.3) is 5.91 Å². The van der Waals surface area contributed by atoms with E-state index in [4.69, 9.17) is 0 Å². The van der Waals surface area contributed by atoms with Gasteiger partial charge in [-0.3, -0.25) is 4.79 Å². The Kier molecular flexibility index (Phi) is 4.70. The second-order valence-corrected chi connectivity index (χ2v) is 7.16. The van der Waals surface area contributed by atoms with Crippen molar-refractivity contribution in [1.82, 2.24) is 19.9 Å². The van der Waals surface area contributed by atoms with E-state index in [1.54, 1.807) is 7.05 Å². The largest absolute Gasteiger partial charge is 0.354 e. The molecule has 2 heterocycles. The highest BCUT2D eigenvalue weighted by molar-refractivity contribution is 7.89. The van der Waals surface area contributed by atoms with Crippen molar-refractivity contribution in [3.8, 4) is 0 Å². The first-order chi connectivity index (χ1) is 9.83. The van der Waals surface area contributed by atoms with E-state index in [2.05, 4.69) is 15.4 Å². The highest BCUT2D eigenvalue weighted by Gasteiger charge is 2.26. The molecule has 118 valence electrons. The predicted molar refractivity (Wildman–Crippen MR) is 79.6 cm³/mol. The van der Waals surface area contributed by atoms with E-state index in [0.717, 1.165) is 19.4 Å². The Bertz CT molecular complexity index is 623. The molecule has 1 aromatic rings.